The summed E-state index contributed by atoms with van der Waals surface area (Å²) in [6.07, 6.45) is 0. The predicted molar refractivity (Wildman–Crippen MR) is 132 cm³/mol. The Morgan fingerprint density at radius 1 is 0.714 bits per heavy atom. The van der Waals surface area contributed by atoms with Crippen molar-refractivity contribution >= 4 is 52.4 Å². The Balaban J connectivity index is 1.82. The predicted octanol–water partition coefficient (Wildman–Crippen LogP) is 4.66. The summed E-state index contributed by atoms with van der Waals surface area (Å²) in [5.74, 6) is -1.69. The molecule has 0 spiro atoms. The summed E-state index contributed by atoms with van der Waals surface area (Å²) in [5.41, 5.74) is 0.467. The van der Waals surface area contributed by atoms with Crippen molar-refractivity contribution in [3.63, 3.8) is 0 Å². The molecular formula is C25H21Cl2N2O6-. The number of carboxylic acids is 1. The van der Waals surface area contributed by atoms with Crippen LogP contribution in [0.4, 0.5) is 11.4 Å². The van der Waals surface area contributed by atoms with Crippen LogP contribution in [0.2, 0.25) is 10.0 Å². The van der Waals surface area contributed by atoms with E-state index in [2.05, 4.69) is 10.6 Å². The normalized spacial score (nSPS) is 10.4. The fourth-order valence-corrected chi connectivity index (χ4v) is 3.60. The van der Waals surface area contributed by atoms with Crippen LogP contribution in [0.15, 0.2) is 54.6 Å². The highest BCUT2D eigenvalue weighted by Crippen LogP contribution is 2.28. The zero-order valence-electron chi connectivity index (χ0n) is 18.8. The van der Waals surface area contributed by atoms with Gasteiger partial charge in [-0.3, -0.25) is 9.59 Å². The lowest BCUT2D eigenvalue weighted by atomic mass is 10.1. The smallest absolute Gasteiger partial charge is 0.255 e. The molecule has 0 aliphatic heterocycles. The molecule has 8 nitrogen and oxygen atoms in total. The summed E-state index contributed by atoms with van der Waals surface area (Å²) >= 11 is 12.3. The van der Waals surface area contributed by atoms with Gasteiger partial charge in [0.15, 0.2) is 0 Å². The van der Waals surface area contributed by atoms with Gasteiger partial charge in [-0.2, -0.15) is 0 Å². The Labute approximate surface area is 211 Å². The maximum absolute atomic E-state index is 12.7. The Hall–Kier alpha value is -3.75. The van der Waals surface area contributed by atoms with E-state index in [0.29, 0.717) is 24.7 Å². The minimum atomic E-state index is -1.48. The number of ether oxygens (including phenoxy) is 2. The molecule has 35 heavy (non-hydrogen) atoms. The van der Waals surface area contributed by atoms with Gasteiger partial charge in [0.05, 0.1) is 29.2 Å². The molecule has 0 aliphatic carbocycles. The first-order valence-electron chi connectivity index (χ1n) is 10.6. The minimum absolute atomic E-state index is 0.127. The van der Waals surface area contributed by atoms with Gasteiger partial charge in [-0.15, -0.1) is 0 Å². The standard InChI is InChI=1S/C25H22Cl2N2O6/c1-3-34-21-7-5-14(11-19(21)26)23(30)28-17-9-16(25(32)33)10-18(13-17)29-24(31)15-6-8-22(35-4-2)20(27)12-15/h5-13H,3-4H2,1-2H3,(H,28,30)(H,29,31)(H,32,33)/p-1. The van der Waals surface area contributed by atoms with Crippen molar-refractivity contribution < 1.29 is 29.0 Å². The van der Waals surface area contributed by atoms with Crippen molar-refractivity contribution in [2.45, 2.75) is 13.8 Å². The number of hydrogen-bond donors (Lipinski definition) is 2. The molecule has 0 radical (unpaired) electrons. The lowest BCUT2D eigenvalue weighted by Gasteiger charge is -2.14. The van der Waals surface area contributed by atoms with Crippen LogP contribution in [0.5, 0.6) is 11.5 Å². The van der Waals surface area contributed by atoms with E-state index in [-0.39, 0.29) is 38.1 Å². The summed E-state index contributed by atoms with van der Waals surface area (Å²) in [5, 5.41) is 17.2. The zero-order valence-corrected chi connectivity index (χ0v) is 20.3. The number of carbonyl (C=O) groups is 3. The van der Waals surface area contributed by atoms with Gasteiger partial charge >= 0.3 is 0 Å². The number of carbonyl (C=O) groups excluding carboxylic acids is 3. The number of anilines is 2. The zero-order chi connectivity index (χ0) is 25.5. The molecule has 182 valence electrons. The number of amides is 2. The molecule has 0 fully saturated rings. The van der Waals surface area contributed by atoms with Gasteiger partial charge in [0, 0.05) is 28.1 Å². The minimum Gasteiger partial charge on any atom is -0.545 e. The highest BCUT2D eigenvalue weighted by atomic mass is 35.5. The Bertz CT molecular complexity index is 1190. The van der Waals surface area contributed by atoms with Gasteiger partial charge in [-0.05, 0) is 68.4 Å². The molecule has 2 N–H and O–H groups in total. The maximum Gasteiger partial charge on any atom is 0.255 e. The van der Waals surface area contributed by atoms with Crippen molar-refractivity contribution in [1.82, 2.24) is 0 Å². The molecule has 3 aromatic rings. The second-order valence-corrected chi connectivity index (χ2v) is 7.97. The summed E-state index contributed by atoms with van der Waals surface area (Å²) < 4.78 is 10.7. The van der Waals surface area contributed by atoms with E-state index in [4.69, 9.17) is 32.7 Å². The maximum atomic E-state index is 12.7. The Kier molecular flexibility index (Phi) is 8.57. The van der Waals surface area contributed by atoms with Crippen molar-refractivity contribution in [3.8, 4) is 11.5 Å². The number of halogens is 2. The van der Waals surface area contributed by atoms with E-state index < -0.39 is 17.8 Å². The third kappa shape index (κ3) is 6.65. The number of aromatic carboxylic acids is 1. The van der Waals surface area contributed by atoms with E-state index in [1.54, 1.807) is 12.1 Å². The van der Waals surface area contributed by atoms with E-state index in [1.165, 1.54) is 42.5 Å². The highest BCUT2D eigenvalue weighted by molar-refractivity contribution is 6.33. The van der Waals surface area contributed by atoms with Crippen LogP contribution >= 0.6 is 23.2 Å². The molecule has 0 atom stereocenters. The lowest BCUT2D eigenvalue weighted by molar-refractivity contribution is -0.255. The van der Waals surface area contributed by atoms with Crippen LogP contribution in [0.3, 0.4) is 0 Å². The number of hydrogen-bond acceptors (Lipinski definition) is 6. The molecule has 0 heterocycles. The number of nitrogens with one attached hydrogen (secondary N) is 2. The Morgan fingerprint density at radius 3 is 1.49 bits per heavy atom. The van der Waals surface area contributed by atoms with Gasteiger partial charge in [0.25, 0.3) is 11.8 Å². The number of carboxylic acid groups (broad SMARTS) is 1. The van der Waals surface area contributed by atoms with Crippen molar-refractivity contribution in [3.05, 3.63) is 81.3 Å². The second-order valence-electron chi connectivity index (χ2n) is 7.15. The van der Waals surface area contributed by atoms with Crippen LogP contribution in [-0.4, -0.2) is 31.0 Å². The van der Waals surface area contributed by atoms with Gasteiger partial charge < -0.3 is 30.0 Å². The van der Waals surface area contributed by atoms with Crippen LogP contribution in [-0.2, 0) is 0 Å². The SMILES string of the molecule is CCOc1ccc(C(=O)Nc2cc(NC(=O)c3ccc(OCC)c(Cl)c3)cc(C(=O)[O-])c2)cc1Cl. The quantitative estimate of drug-likeness (QED) is 0.428. The molecule has 2 amide bonds. The third-order valence-electron chi connectivity index (χ3n) is 4.67. The Morgan fingerprint density at radius 2 is 1.14 bits per heavy atom. The molecule has 0 aromatic heterocycles. The fourth-order valence-electron chi connectivity index (χ4n) is 3.13. The second kappa shape index (κ2) is 11.6. The summed E-state index contributed by atoms with van der Waals surface area (Å²) in [6.45, 7) is 4.45. The van der Waals surface area contributed by atoms with Crippen molar-refractivity contribution in [2.75, 3.05) is 23.8 Å². The first-order chi connectivity index (χ1) is 16.7. The van der Waals surface area contributed by atoms with E-state index in [9.17, 15) is 19.5 Å². The molecule has 10 heteroatoms. The van der Waals surface area contributed by atoms with Gasteiger partial charge in [0.2, 0.25) is 0 Å². The third-order valence-corrected chi connectivity index (χ3v) is 5.26. The molecule has 3 aromatic carbocycles. The number of rotatable bonds is 9. The van der Waals surface area contributed by atoms with E-state index in [0.717, 1.165) is 0 Å². The highest BCUT2D eigenvalue weighted by Gasteiger charge is 2.14. The van der Waals surface area contributed by atoms with Gasteiger partial charge in [-0.1, -0.05) is 23.2 Å². The first-order valence-corrected chi connectivity index (χ1v) is 11.3. The van der Waals surface area contributed by atoms with Crippen LogP contribution in [0.25, 0.3) is 0 Å². The van der Waals surface area contributed by atoms with Crippen LogP contribution < -0.4 is 25.2 Å². The van der Waals surface area contributed by atoms with Gasteiger partial charge in [0.1, 0.15) is 11.5 Å². The summed E-state index contributed by atoms with van der Waals surface area (Å²) in [7, 11) is 0. The topological polar surface area (TPSA) is 117 Å². The van der Waals surface area contributed by atoms with Crippen molar-refractivity contribution in [1.29, 1.82) is 0 Å². The molecule has 0 saturated heterocycles. The average Bonchev–Trinajstić information content (AvgIpc) is 2.81. The molecule has 0 unspecified atom stereocenters. The fraction of sp³-hybridized carbons (Fsp3) is 0.160. The molecule has 0 bridgehead atoms. The van der Waals surface area contributed by atoms with Crippen molar-refractivity contribution in [2.24, 2.45) is 0 Å². The molecule has 0 saturated carbocycles. The van der Waals surface area contributed by atoms with Crippen LogP contribution in [0, 0.1) is 0 Å². The first kappa shape index (κ1) is 25.9. The molecule has 0 aliphatic rings. The van der Waals surface area contributed by atoms with Crippen LogP contribution in [0.1, 0.15) is 44.9 Å². The summed E-state index contributed by atoms with van der Waals surface area (Å²) in [4.78, 5) is 36.9. The lowest BCUT2D eigenvalue weighted by Crippen LogP contribution is -2.23. The van der Waals surface area contributed by atoms with E-state index in [1.807, 2.05) is 13.8 Å². The number of benzene rings is 3. The largest absolute Gasteiger partial charge is 0.545 e. The molecule has 3 rings (SSSR count). The monoisotopic (exact) mass is 515 g/mol. The summed E-state index contributed by atoms with van der Waals surface area (Å²) in [6, 6.07) is 12.9. The average molecular weight is 516 g/mol. The molecular weight excluding hydrogens is 495 g/mol. The van der Waals surface area contributed by atoms with E-state index >= 15 is 0 Å². The van der Waals surface area contributed by atoms with Gasteiger partial charge in [-0.25, -0.2) is 0 Å².